The molecule has 1 aliphatic heterocycles. The molecule has 118 valence electrons. The maximum Gasteiger partial charge on any atom is 0.309 e. The number of aromatic nitrogens is 3. The van der Waals surface area contributed by atoms with Gasteiger partial charge < -0.3 is 15.3 Å². The molecule has 0 aromatic carbocycles. The lowest BCUT2D eigenvalue weighted by Crippen LogP contribution is -2.44. The number of nitrogens with zero attached hydrogens (tertiary/aromatic N) is 4. The smallest absolute Gasteiger partial charge is 0.309 e. The van der Waals surface area contributed by atoms with Gasteiger partial charge in [0.1, 0.15) is 0 Å². The molecular formula is C12H21N5O4. The molecule has 1 saturated heterocycles. The number of H-pyrrole nitrogens is 1. The van der Waals surface area contributed by atoms with Crippen molar-refractivity contribution in [1.29, 1.82) is 0 Å². The Balaban J connectivity index is 2.05. The maximum atomic E-state index is 11.4. The van der Waals surface area contributed by atoms with E-state index in [0.717, 1.165) is 5.69 Å². The number of aliphatic carboxylic acids is 1. The fraction of sp³-hybridized carbons (Fsp3) is 0.750. The summed E-state index contributed by atoms with van der Waals surface area (Å²) in [4.78, 5) is 15.2. The summed E-state index contributed by atoms with van der Waals surface area (Å²) >= 11 is 0. The Morgan fingerprint density at radius 3 is 2.71 bits per heavy atom. The monoisotopic (exact) mass is 299 g/mol. The molecule has 1 aliphatic rings. The minimum absolute atomic E-state index is 0.188. The normalized spacial score (nSPS) is 21.6. The third kappa shape index (κ3) is 4.21. The summed E-state index contributed by atoms with van der Waals surface area (Å²) in [6, 6.07) is -0.418. The van der Waals surface area contributed by atoms with Crippen LogP contribution in [0.4, 0.5) is 0 Å². The summed E-state index contributed by atoms with van der Waals surface area (Å²) < 4.78 is 0. The molecule has 1 aromatic heterocycles. The Bertz CT molecular complexity index is 437. The molecule has 0 aliphatic carbocycles. The molecule has 1 aromatic rings. The Hall–Kier alpha value is -1.55. The van der Waals surface area contributed by atoms with Crippen molar-refractivity contribution in [2.45, 2.75) is 12.6 Å². The molecule has 1 atom stereocenters. The van der Waals surface area contributed by atoms with Crippen molar-refractivity contribution >= 4 is 5.97 Å². The molecule has 0 bridgehead atoms. The van der Waals surface area contributed by atoms with E-state index in [1.807, 2.05) is 9.80 Å². The predicted octanol–water partition coefficient (Wildman–Crippen LogP) is -2.02. The quantitative estimate of drug-likeness (QED) is 0.474. The molecular weight excluding hydrogens is 278 g/mol. The number of aromatic amines is 1. The number of carboxylic acids is 1. The Morgan fingerprint density at radius 1 is 1.38 bits per heavy atom. The molecule has 1 unspecified atom stereocenters. The first-order valence-corrected chi connectivity index (χ1v) is 6.89. The highest BCUT2D eigenvalue weighted by Crippen LogP contribution is 2.14. The van der Waals surface area contributed by atoms with Crippen LogP contribution in [0.25, 0.3) is 0 Å². The Labute approximate surface area is 122 Å². The number of nitrogens with one attached hydrogen (secondary N) is 1. The zero-order valence-corrected chi connectivity index (χ0v) is 11.7. The number of hydrogen-bond donors (Lipinski definition) is 4. The van der Waals surface area contributed by atoms with Gasteiger partial charge in [-0.3, -0.25) is 14.6 Å². The van der Waals surface area contributed by atoms with Gasteiger partial charge in [-0.25, -0.2) is 0 Å². The van der Waals surface area contributed by atoms with Crippen molar-refractivity contribution in [2.75, 3.05) is 39.4 Å². The highest BCUT2D eigenvalue weighted by atomic mass is 16.4. The summed E-state index contributed by atoms with van der Waals surface area (Å²) in [5.41, 5.74) is 0.758. The zero-order valence-electron chi connectivity index (χ0n) is 11.7. The number of aliphatic hydroxyl groups excluding tert-OH is 2. The summed E-state index contributed by atoms with van der Waals surface area (Å²) in [7, 11) is 0. The molecule has 0 saturated carbocycles. The van der Waals surface area contributed by atoms with Gasteiger partial charge in [-0.2, -0.15) is 15.4 Å². The van der Waals surface area contributed by atoms with Gasteiger partial charge in [0, 0.05) is 32.7 Å². The third-order valence-electron chi connectivity index (χ3n) is 3.77. The van der Waals surface area contributed by atoms with Crippen LogP contribution in [-0.2, 0) is 11.3 Å². The van der Waals surface area contributed by atoms with Gasteiger partial charge in [0.05, 0.1) is 37.1 Å². The minimum Gasteiger partial charge on any atom is -0.481 e. The van der Waals surface area contributed by atoms with E-state index in [9.17, 15) is 20.1 Å². The molecule has 9 nitrogen and oxygen atoms in total. The van der Waals surface area contributed by atoms with E-state index in [4.69, 9.17) is 0 Å². The lowest BCUT2D eigenvalue weighted by atomic mass is 10.1. The number of carboxylic acid groups (broad SMARTS) is 1. The lowest BCUT2D eigenvalue weighted by Gasteiger charge is -2.28. The van der Waals surface area contributed by atoms with Crippen molar-refractivity contribution in [2.24, 2.45) is 5.92 Å². The third-order valence-corrected chi connectivity index (χ3v) is 3.77. The van der Waals surface area contributed by atoms with Crippen LogP contribution in [0.5, 0.6) is 0 Å². The molecule has 0 radical (unpaired) electrons. The van der Waals surface area contributed by atoms with Crippen LogP contribution in [0.1, 0.15) is 5.69 Å². The van der Waals surface area contributed by atoms with Gasteiger partial charge in [-0.1, -0.05) is 0 Å². The van der Waals surface area contributed by atoms with Crippen LogP contribution in [0.3, 0.4) is 0 Å². The van der Waals surface area contributed by atoms with Crippen LogP contribution >= 0.6 is 0 Å². The van der Waals surface area contributed by atoms with Gasteiger partial charge in [-0.15, -0.1) is 0 Å². The first kappa shape index (κ1) is 15.8. The largest absolute Gasteiger partial charge is 0.481 e. The van der Waals surface area contributed by atoms with Crippen molar-refractivity contribution in [1.82, 2.24) is 25.2 Å². The summed E-state index contributed by atoms with van der Waals surface area (Å²) in [5, 5.41) is 38.2. The SMILES string of the molecule is O=C(O)C1CN(Cc2cn[nH]n2)CCN(C(CO)CO)C1. The first-order chi connectivity index (χ1) is 10.1. The van der Waals surface area contributed by atoms with Crippen LogP contribution in [0.2, 0.25) is 0 Å². The van der Waals surface area contributed by atoms with Crippen LogP contribution in [0.15, 0.2) is 6.20 Å². The van der Waals surface area contributed by atoms with Crippen molar-refractivity contribution in [3.63, 3.8) is 0 Å². The number of aliphatic hydroxyl groups is 2. The van der Waals surface area contributed by atoms with Gasteiger partial charge >= 0.3 is 5.97 Å². The van der Waals surface area contributed by atoms with Gasteiger partial charge in [0.25, 0.3) is 0 Å². The lowest BCUT2D eigenvalue weighted by molar-refractivity contribution is -0.143. The second kappa shape index (κ2) is 7.46. The van der Waals surface area contributed by atoms with Gasteiger partial charge in [0.2, 0.25) is 0 Å². The van der Waals surface area contributed by atoms with E-state index in [2.05, 4.69) is 15.4 Å². The number of carbonyl (C=O) groups is 1. The number of rotatable bonds is 6. The van der Waals surface area contributed by atoms with E-state index in [1.165, 1.54) is 0 Å². The van der Waals surface area contributed by atoms with E-state index >= 15 is 0 Å². The predicted molar refractivity (Wildman–Crippen MR) is 72.3 cm³/mol. The van der Waals surface area contributed by atoms with E-state index in [1.54, 1.807) is 6.20 Å². The molecule has 4 N–H and O–H groups in total. The Morgan fingerprint density at radius 2 is 2.14 bits per heavy atom. The standard InChI is InChI=1S/C12H21N5O4/c18-7-11(8-19)17-2-1-16(4-9(5-17)12(20)21)6-10-3-13-15-14-10/h3,9,11,18-19H,1-2,4-8H2,(H,20,21)(H,13,14,15). The fourth-order valence-electron chi connectivity index (χ4n) is 2.56. The molecule has 9 heteroatoms. The average molecular weight is 299 g/mol. The molecule has 21 heavy (non-hydrogen) atoms. The van der Waals surface area contributed by atoms with Crippen LogP contribution in [-0.4, -0.2) is 91.9 Å². The van der Waals surface area contributed by atoms with E-state index in [0.29, 0.717) is 32.7 Å². The highest BCUT2D eigenvalue weighted by molar-refractivity contribution is 5.70. The second-order valence-electron chi connectivity index (χ2n) is 5.25. The molecule has 2 heterocycles. The first-order valence-electron chi connectivity index (χ1n) is 6.89. The van der Waals surface area contributed by atoms with Crippen LogP contribution < -0.4 is 0 Å². The maximum absolute atomic E-state index is 11.4. The minimum atomic E-state index is -0.873. The van der Waals surface area contributed by atoms with Gasteiger partial charge in [-0.05, 0) is 0 Å². The zero-order chi connectivity index (χ0) is 15.2. The van der Waals surface area contributed by atoms with Crippen molar-refractivity contribution < 1.29 is 20.1 Å². The van der Waals surface area contributed by atoms with Crippen molar-refractivity contribution in [3.05, 3.63) is 11.9 Å². The molecule has 2 rings (SSSR count). The molecule has 1 fully saturated rings. The van der Waals surface area contributed by atoms with E-state index < -0.39 is 17.9 Å². The summed E-state index contributed by atoms with van der Waals surface area (Å²) in [6.45, 7) is 2.11. The molecule has 0 spiro atoms. The average Bonchev–Trinajstić information content (AvgIpc) is 2.87. The Kier molecular flexibility index (Phi) is 5.62. The van der Waals surface area contributed by atoms with Crippen LogP contribution in [0, 0.1) is 5.92 Å². The summed E-state index contributed by atoms with van der Waals surface area (Å²) in [5.74, 6) is -1.44. The fourth-order valence-corrected chi connectivity index (χ4v) is 2.56. The summed E-state index contributed by atoms with van der Waals surface area (Å²) in [6.07, 6.45) is 1.61. The highest BCUT2D eigenvalue weighted by Gasteiger charge is 2.30. The number of hydrogen-bond acceptors (Lipinski definition) is 7. The van der Waals surface area contributed by atoms with E-state index in [-0.39, 0.29) is 13.2 Å². The topological polar surface area (TPSA) is 126 Å². The second-order valence-corrected chi connectivity index (χ2v) is 5.25. The molecule has 0 amide bonds. The van der Waals surface area contributed by atoms with Gasteiger partial charge in [0.15, 0.2) is 0 Å². The van der Waals surface area contributed by atoms with Crippen molar-refractivity contribution in [3.8, 4) is 0 Å².